The van der Waals surface area contributed by atoms with Crippen LogP contribution in [-0.2, 0) is 14.3 Å². The van der Waals surface area contributed by atoms with Gasteiger partial charge in [-0.25, -0.2) is 0 Å². The molecule has 1 unspecified atom stereocenters. The molecule has 0 aliphatic rings. The fourth-order valence-corrected chi connectivity index (χ4v) is 1.10. The van der Waals surface area contributed by atoms with Crippen molar-refractivity contribution in [3.05, 3.63) is 0 Å². The molecular formula is C10H20N2O3. The Morgan fingerprint density at radius 2 is 2.13 bits per heavy atom. The van der Waals surface area contributed by atoms with Crippen LogP contribution >= 0.6 is 0 Å². The van der Waals surface area contributed by atoms with E-state index in [1.165, 1.54) is 7.11 Å². The lowest BCUT2D eigenvalue weighted by Gasteiger charge is -2.10. The number of carbonyl (C=O) groups is 2. The molecule has 88 valence electrons. The first-order chi connectivity index (χ1) is 7.11. The van der Waals surface area contributed by atoms with E-state index in [4.69, 9.17) is 5.73 Å². The molecule has 0 radical (unpaired) electrons. The van der Waals surface area contributed by atoms with Crippen LogP contribution in [-0.4, -0.2) is 32.1 Å². The molecule has 0 heterocycles. The van der Waals surface area contributed by atoms with Crippen LogP contribution in [0, 0.1) is 5.92 Å². The molecule has 0 saturated carbocycles. The monoisotopic (exact) mass is 216 g/mol. The van der Waals surface area contributed by atoms with E-state index in [9.17, 15) is 9.59 Å². The van der Waals surface area contributed by atoms with Crippen LogP contribution in [0.5, 0.6) is 0 Å². The first-order valence-electron chi connectivity index (χ1n) is 5.16. The molecule has 0 fully saturated rings. The molecule has 5 heteroatoms. The van der Waals surface area contributed by atoms with E-state index in [2.05, 4.69) is 10.1 Å². The van der Waals surface area contributed by atoms with Crippen LogP contribution in [0.2, 0.25) is 0 Å². The summed E-state index contributed by atoms with van der Waals surface area (Å²) in [5.74, 6) is -0.322. The Morgan fingerprint density at radius 1 is 1.47 bits per heavy atom. The molecule has 0 aromatic heterocycles. The van der Waals surface area contributed by atoms with Gasteiger partial charge >= 0.3 is 5.97 Å². The zero-order valence-corrected chi connectivity index (χ0v) is 9.41. The number of esters is 1. The molecule has 0 saturated heterocycles. The highest BCUT2D eigenvalue weighted by Gasteiger charge is 2.10. The highest BCUT2D eigenvalue weighted by Crippen LogP contribution is 1.99. The fourth-order valence-electron chi connectivity index (χ4n) is 1.10. The molecule has 0 aliphatic heterocycles. The van der Waals surface area contributed by atoms with Crippen molar-refractivity contribution in [3.63, 3.8) is 0 Å². The minimum absolute atomic E-state index is 0.00897. The molecular weight excluding hydrogens is 196 g/mol. The van der Waals surface area contributed by atoms with E-state index < -0.39 is 0 Å². The molecule has 1 atom stereocenters. The van der Waals surface area contributed by atoms with E-state index in [0.717, 1.165) is 0 Å². The minimum atomic E-state index is -0.251. The van der Waals surface area contributed by atoms with Crippen molar-refractivity contribution in [1.82, 2.24) is 5.32 Å². The average molecular weight is 216 g/mol. The molecule has 3 N–H and O–H groups in total. The van der Waals surface area contributed by atoms with Crippen LogP contribution in [0.1, 0.15) is 26.2 Å². The van der Waals surface area contributed by atoms with Crippen molar-refractivity contribution in [3.8, 4) is 0 Å². The Labute approximate surface area is 90.4 Å². The number of nitrogens with one attached hydrogen (secondary N) is 1. The number of methoxy groups -OCH3 is 1. The lowest BCUT2D eigenvalue weighted by molar-refractivity contribution is -0.140. The number of ether oxygens (including phenoxy) is 1. The largest absolute Gasteiger partial charge is 0.469 e. The molecule has 15 heavy (non-hydrogen) atoms. The number of hydrogen-bond donors (Lipinski definition) is 2. The van der Waals surface area contributed by atoms with Crippen molar-refractivity contribution in [2.45, 2.75) is 26.2 Å². The highest BCUT2D eigenvalue weighted by molar-refractivity contribution is 5.78. The second-order valence-corrected chi connectivity index (χ2v) is 3.45. The summed E-state index contributed by atoms with van der Waals surface area (Å²) in [6.07, 6.45) is 1.62. The summed E-state index contributed by atoms with van der Waals surface area (Å²) < 4.78 is 4.48. The van der Waals surface area contributed by atoms with Crippen molar-refractivity contribution in [2.24, 2.45) is 11.7 Å². The maximum absolute atomic E-state index is 11.4. The van der Waals surface area contributed by atoms with Gasteiger partial charge in [0.2, 0.25) is 5.91 Å². The van der Waals surface area contributed by atoms with Gasteiger partial charge in [0.25, 0.3) is 0 Å². The molecule has 0 spiro atoms. The molecule has 0 aromatic rings. The van der Waals surface area contributed by atoms with E-state index in [0.29, 0.717) is 32.4 Å². The van der Waals surface area contributed by atoms with Crippen molar-refractivity contribution in [1.29, 1.82) is 0 Å². The quantitative estimate of drug-likeness (QED) is 0.465. The van der Waals surface area contributed by atoms with Gasteiger partial charge in [0, 0.05) is 18.9 Å². The van der Waals surface area contributed by atoms with Crippen LogP contribution in [0.3, 0.4) is 0 Å². The van der Waals surface area contributed by atoms with Gasteiger partial charge in [0.05, 0.1) is 7.11 Å². The van der Waals surface area contributed by atoms with E-state index in [1.807, 2.05) is 6.92 Å². The molecule has 0 aliphatic carbocycles. The summed E-state index contributed by atoms with van der Waals surface area (Å²) in [5.41, 5.74) is 5.34. The molecule has 5 nitrogen and oxygen atoms in total. The highest BCUT2D eigenvalue weighted by atomic mass is 16.5. The Hall–Kier alpha value is -1.10. The Balaban J connectivity index is 3.50. The van der Waals surface area contributed by atoms with Gasteiger partial charge in [-0.15, -0.1) is 0 Å². The van der Waals surface area contributed by atoms with Crippen LogP contribution in [0.25, 0.3) is 0 Å². The lowest BCUT2D eigenvalue weighted by atomic mass is 10.1. The van der Waals surface area contributed by atoms with Crippen LogP contribution in [0.4, 0.5) is 0 Å². The second-order valence-electron chi connectivity index (χ2n) is 3.45. The molecule has 0 rings (SSSR count). The van der Waals surface area contributed by atoms with Crippen molar-refractivity contribution >= 4 is 11.9 Å². The van der Waals surface area contributed by atoms with Crippen LogP contribution < -0.4 is 11.1 Å². The molecule has 0 aromatic carbocycles. The second kappa shape index (κ2) is 8.23. The summed E-state index contributed by atoms with van der Waals surface area (Å²) in [6.45, 7) is 2.85. The average Bonchev–Trinajstić information content (AvgIpc) is 2.23. The summed E-state index contributed by atoms with van der Waals surface area (Å²) >= 11 is 0. The summed E-state index contributed by atoms with van der Waals surface area (Å²) in [7, 11) is 1.35. The van der Waals surface area contributed by atoms with Gasteiger partial charge in [0.1, 0.15) is 0 Å². The maximum Gasteiger partial charge on any atom is 0.305 e. The normalized spacial score (nSPS) is 11.9. The van der Waals surface area contributed by atoms with E-state index in [1.54, 1.807) is 0 Å². The predicted octanol–water partition coefficient (Wildman–Crippen LogP) is 0.0407. The van der Waals surface area contributed by atoms with Gasteiger partial charge in [-0.3, -0.25) is 9.59 Å². The van der Waals surface area contributed by atoms with Gasteiger partial charge < -0.3 is 15.8 Å². The zero-order valence-electron chi connectivity index (χ0n) is 9.41. The zero-order chi connectivity index (χ0) is 11.7. The summed E-state index contributed by atoms with van der Waals surface area (Å²) in [5, 5.41) is 2.74. The number of hydrogen-bond acceptors (Lipinski definition) is 4. The number of carbonyl (C=O) groups excluding carboxylic acids is 2. The van der Waals surface area contributed by atoms with E-state index in [-0.39, 0.29) is 17.8 Å². The Morgan fingerprint density at radius 3 is 2.67 bits per heavy atom. The van der Waals surface area contributed by atoms with Gasteiger partial charge in [0.15, 0.2) is 0 Å². The fraction of sp³-hybridized carbons (Fsp3) is 0.800. The summed E-state index contributed by atoms with van der Waals surface area (Å²) in [6, 6.07) is 0. The van der Waals surface area contributed by atoms with Crippen molar-refractivity contribution in [2.75, 3.05) is 20.2 Å². The third kappa shape index (κ3) is 6.90. The maximum atomic E-state index is 11.4. The third-order valence-electron chi connectivity index (χ3n) is 2.13. The van der Waals surface area contributed by atoms with Gasteiger partial charge in [-0.05, 0) is 19.4 Å². The molecule has 1 amide bonds. The Bertz CT molecular complexity index is 207. The standard InChI is InChI=1S/C10H20N2O3/c1-8(5-6-11)10(14)12-7-3-4-9(13)15-2/h8H,3-7,11H2,1-2H3,(H,12,14). The number of rotatable bonds is 7. The first kappa shape index (κ1) is 13.9. The smallest absolute Gasteiger partial charge is 0.305 e. The van der Waals surface area contributed by atoms with Gasteiger partial charge in [-0.2, -0.15) is 0 Å². The predicted molar refractivity (Wildman–Crippen MR) is 57.1 cm³/mol. The van der Waals surface area contributed by atoms with Gasteiger partial charge in [-0.1, -0.05) is 6.92 Å². The topological polar surface area (TPSA) is 81.4 Å². The summed E-state index contributed by atoms with van der Waals surface area (Å²) in [4.78, 5) is 22.1. The lowest BCUT2D eigenvalue weighted by Crippen LogP contribution is -2.31. The first-order valence-corrected chi connectivity index (χ1v) is 5.16. The van der Waals surface area contributed by atoms with Crippen molar-refractivity contribution < 1.29 is 14.3 Å². The third-order valence-corrected chi connectivity index (χ3v) is 2.13. The SMILES string of the molecule is COC(=O)CCCNC(=O)C(C)CCN. The minimum Gasteiger partial charge on any atom is -0.469 e. The number of amides is 1. The molecule has 0 bridgehead atoms. The number of nitrogens with two attached hydrogens (primary N) is 1. The Kier molecular flexibility index (Phi) is 7.62. The van der Waals surface area contributed by atoms with Crippen LogP contribution in [0.15, 0.2) is 0 Å². The van der Waals surface area contributed by atoms with E-state index >= 15 is 0 Å².